The number of carbonyl (C=O) groups is 1. The summed E-state index contributed by atoms with van der Waals surface area (Å²) in [6.45, 7) is 7.17. The van der Waals surface area contributed by atoms with Gasteiger partial charge in [0, 0.05) is 19.0 Å². The summed E-state index contributed by atoms with van der Waals surface area (Å²) in [6, 6.07) is 5.22. The molecule has 0 radical (unpaired) electrons. The summed E-state index contributed by atoms with van der Waals surface area (Å²) in [7, 11) is -3.58. The van der Waals surface area contributed by atoms with E-state index in [2.05, 4.69) is 4.40 Å². The van der Waals surface area contributed by atoms with Gasteiger partial charge in [0.05, 0.1) is 17.9 Å². The Balaban J connectivity index is 1.66. The normalized spacial score (nSPS) is 21.5. The van der Waals surface area contributed by atoms with Crippen molar-refractivity contribution >= 4 is 22.0 Å². The predicted octanol–water partition coefficient (Wildman–Crippen LogP) is 2.26. The lowest BCUT2D eigenvalue weighted by atomic mass is 9.99. The first-order chi connectivity index (χ1) is 13.0. The van der Waals surface area contributed by atoms with Gasteiger partial charge in [0.1, 0.15) is 17.2 Å². The molecular formula is C19H27N3O5S. The second-order valence-electron chi connectivity index (χ2n) is 8.24. The van der Waals surface area contributed by atoms with Crippen LogP contribution in [-0.4, -0.2) is 50.5 Å². The Kier molecular flexibility index (Phi) is 5.56. The number of amidine groups is 1. The van der Waals surface area contributed by atoms with Crippen molar-refractivity contribution in [3.63, 3.8) is 0 Å². The van der Waals surface area contributed by atoms with E-state index in [0.717, 1.165) is 12.8 Å². The molecule has 1 amide bonds. The van der Waals surface area contributed by atoms with Crippen LogP contribution in [-0.2, 0) is 20.5 Å². The molecule has 154 valence electrons. The molecule has 1 atom stereocenters. The molecule has 2 heterocycles. The summed E-state index contributed by atoms with van der Waals surface area (Å²) in [5.41, 5.74) is 6.47. The largest absolute Gasteiger partial charge is 0.492 e. The Morgan fingerprint density at radius 2 is 2.11 bits per heavy atom. The minimum atomic E-state index is -3.58. The molecule has 0 aliphatic carbocycles. The third-order valence-corrected chi connectivity index (χ3v) is 5.74. The average Bonchev–Trinajstić information content (AvgIpc) is 2.57. The maximum atomic E-state index is 12.3. The van der Waals surface area contributed by atoms with Crippen molar-refractivity contribution in [1.29, 1.82) is 0 Å². The minimum absolute atomic E-state index is 0.0455. The minimum Gasteiger partial charge on any atom is -0.492 e. The number of carbonyl (C=O) groups excluding carboxylic acids is 1. The maximum absolute atomic E-state index is 12.3. The van der Waals surface area contributed by atoms with Gasteiger partial charge in [-0.2, -0.15) is 0 Å². The van der Waals surface area contributed by atoms with Gasteiger partial charge in [0.2, 0.25) is 0 Å². The number of piperidine rings is 1. The van der Waals surface area contributed by atoms with Gasteiger partial charge in [-0.25, -0.2) is 13.2 Å². The molecular weight excluding hydrogens is 382 g/mol. The molecule has 2 aliphatic rings. The second-order valence-corrected chi connectivity index (χ2v) is 9.87. The van der Waals surface area contributed by atoms with Crippen LogP contribution in [0.25, 0.3) is 0 Å². The van der Waals surface area contributed by atoms with Gasteiger partial charge in [-0.05, 0) is 45.2 Å². The standard InChI is InChI=1S/C19H27N3O5S/c1-19(2,3)27-18(23)22-9-5-6-13(10-22)11-26-15-8-4-7-14-12-28(24,25)21-17(20)16(14)15/h4,7-8,13H,5-6,9-12H2,1-3H3,(H2,20,21). The zero-order valence-electron chi connectivity index (χ0n) is 16.5. The van der Waals surface area contributed by atoms with Gasteiger partial charge < -0.3 is 20.1 Å². The molecule has 9 heteroatoms. The highest BCUT2D eigenvalue weighted by Crippen LogP contribution is 2.29. The van der Waals surface area contributed by atoms with E-state index >= 15 is 0 Å². The average molecular weight is 410 g/mol. The molecule has 3 rings (SSSR count). The fraction of sp³-hybridized carbons (Fsp3) is 0.579. The molecule has 0 saturated carbocycles. The molecule has 2 aliphatic heterocycles. The first-order valence-corrected chi connectivity index (χ1v) is 11.0. The first kappa shape index (κ1) is 20.4. The Hall–Kier alpha value is -2.29. The lowest BCUT2D eigenvalue weighted by Crippen LogP contribution is -2.44. The van der Waals surface area contributed by atoms with Crippen molar-refractivity contribution in [3.8, 4) is 5.75 Å². The number of rotatable bonds is 3. The predicted molar refractivity (Wildman–Crippen MR) is 106 cm³/mol. The molecule has 1 fully saturated rings. The van der Waals surface area contributed by atoms with Gasteiger partial charge in [0.15, 0.2) is 0 Å². The van der Waals surface area contributed by atoms with Crippen molar-refractivity contribution in [3.05, 3.63) is 29.3 Å². The first-order valence-electron chi connectivity index (χ1n) is 9.35. The highest BCUT2D eigenvalue weighted by molar-refractivity contribution is 7.89. The molecule has 0 bridgehead atoms. The van der Waals surface area contributed by atoms with Crippen molar-refractivity contribution < 1.29 is 22.7 Å². The van der Waals surface area contributed by atoms with Crippen LogP contribution in [0.15, 0.2) is 22.6 Å². The van der Waals surface area contributed by atoms with Crippen LogP contribution in [0, 0.1) is 5.92 Å². The Bertz CT molecular complexity index is 889. The topological polar surface area (TPSA) is 111 Å². The molecule has 1 unspecified atom stereocenters. The van der Waals surface area contributed by atoms with E-state index < -0.39 is 15.6 Å². The van der Waals surface area contributed by atoms with Crippen molar-refractivity contribution in [2.45, 2.75) is 45.0 Å². The summed E-state index contributed by atoms with van der Waals surface area (Å²) in [5, 5.41) is 0. The van der Waals surface area contributed by atoms with Crippen LogP contribution in [0.3, 0.4) is 0 Å². The van der Waals surface area contributed by atoms with E-state index in [-0.39, 0.29) is 23.6 Å². The lowest BCUT2D eigenvalue weighted by Gasteiger charge is -2.34. The summed E-state index contributed by atoms with van der Waals surface area (Å²) in [5.74, 6) is 0.442. The molecule has 8 nitrogen and oxygen atoms in total. The smallest absolute Gasteiger partial charge is 0.410 e. The number of hydrogen-bond acceptors (Lipinski definition) is 6. The molecule has 1 aromatic carbocycles. The fourth-order valence-corrected chi connectivity index (χ4v) is 4.52. The molecule has 0 aromatic heterocycles. The van der Waals surface area contributed by atoms with Crippen LogP contribution in [0.4, 0.5) is 4.79 Å². The number of likely N-dealkylation sites (tertiary alicyclic amines) is 1. The summed E-state index contributed by atoms with van der Waals surface area (Å²) in [4.78, 5) is 14.0. The lowest BCUT2D eigenvalue weighted by molar-refractivity contribution is 0.0139. The van der Waals surface area contributed by atoms with Crippen molar-refractivity contribution in [2.75, 3.05) is 19.7 Å². The number of nitrogens with two attached hydrogens (primary N) is 1. The monoisotopic (exact) mass is 409 g/mol. The SMILES string of the molecule is CC(C)(C)OC(=O)N1CCCC(COc2cccc3c2C(N)=NS(=O)(=O)C3)C1. The number of nitrogens with zero attached hydrogens (tertiary/aromatic N) is 2. The third-order valence-electron chi connectivity index (χ3n) is 4.59. The number of ether oxygens (including phenoxy) is 2. The highest BCUT2D eigenvalue weighted by atomic mass is 32.2. The quantitative estimate of drug-likeness (QED) is 0.820. The second kappa shape index (κ2) is 7.62. The highest BCUT2D eigenvalue weighted by Gasteiger charge is 2.29. The van der Waals surface area contributed by atoms with Crippen LogP contribution in [0.1, 0.15) is 44.7 Å². The van der Waals surface area contributed by atoms with Gasteiger partial charge in [-0.15, -0.1) is 4.40 Å². The van der Waals surface area contributed by atoms with E-state index in [1.54, 1.807) is 23.1 Å². The fourth-order valence-electron chi connectivity index (χ4n) is 3.43. The third kappa shape index (κ3) is 4.95. The summed E-state index contributed by atoms with van der Waals surface area (Å²) >= 11 is 0. The summed E-state index contributed by atoms with van der Waals surface area (Å²) in [6.07, 6.45) is 1.50. The Labute approximate surface area is 165 Å². The van der Waals surface area contributed by atoms with E-state index in [1.165, 1.54) is 0 Å². The number of sulfonamides is 1. The molecule has 1 saturated heterocycles. The van der Waals surface area contributed by atoms with E-state index in [9.17, 15) is 13.2 Å². The van der Waals surface area contributed by atoms with Crippen LogP contribution < -0.4 is 10.5 Å². The number of fused-ring (bicyclic) bond motifs is 1. The van der Waals surface area contributed by atoms with Gasteiger partial charge in [-0.3, -0.25) is 0 Å². The molecule has 28 heavy (non-hydrogen) atoms. The van der Waals surface area contributed by atoms with E-state index in [0.29, 0.717) is 36.6 Å². The van der Waals surface area contributed by atoms with Gasteiger partial charge in [-0.1, -0.05) is 12.1 Å². The van der Waals surface area contributed by atoms with Crippen LogP contribution in [0.5, 0.6) is 5.75 Å². The van der Waals surface area contributed by atoms with Crippen LogP contribution in [0.2, 0.25) is 0 Å². The molecule has 0 spiro atoms. The van der Waals surface area contributed by atoms with Gasteiger partial charge in [0.25, 0.3) is 10.0 Å². The zero-order valence-corrected chi connectivity index (χ0v) is 17.3. The molecule has 2 N–H and O–H groups in total. The van der Waals surface area contributed by atoms with Crippen molar-refractivity contribution in [2.24, 2.45) is 16.0 Å². The number of amides is 1. The van der Waals surface area contributed by atoms with Gasteiger partial charge >= 0.3 is 6.09 Å². The van der Waals surface area contributed by atoms with Crippen LogP contribution >= 0.6 is 0 Å². The molecule has 1 aromatic rings. The zero-order chi connectivity index (χ0) is 20.5. The van der Waals surface area contributed by atoms with Crippen molar-refractivity contribution in [1.82, 2.24) is 4.90 Å². The van der Waals surface area contributed by atoms with E-state index in [4.69, 9.17) is 15.2 Å². The van der Waals surface area contributed by atoms with E-state index in [1.807, 2.05) is 20.8 Å². The Morgan fingerprint density at radius 1 is 1.36 bits per heavy atom. The summed E-state index contributed by atoms with van der Waals surface area (Å²) < 4.78 is 38.6. The maximum Gasteiger partial charge on any atom is 0.410 e. The number of benzene rings is 1. The Morgan fingerprint density at radius 3 is 2.82 bits per heavy atom. The number of hydrogen-bond donors (Lipinski definition) is 1.